The van der Waals surface area contributed by atoms with Crippen molar-refractivity contribution in [2.24, 2.45) is 0 Å². The van der Waals surface area contributed by atoms with Crippen LogP contribution in [0.5, 0.6) is 0 Å². The van der Waals surface area contributed by atoms with Crippen molar-refractivity contribution in [3.8, 4) is 5.82 Å². The maximum absolute atomic E-state index is 12.2. The molecule has 1 N–H and O–H groups in total. The summed E-state index contributed by atoms with van der Waals surface area (Å²) in [7, 11) is 0. The van der Waals surface area contributed by atoms with Gasteiger partial charge in [-0.1, -0.05) is 19.1 Å². The minimum atomic E-state index is -0.188. The fourth-order valence-corrected chi connectivity index (χ4v) is 2.02. The van der Waals surface area contributed by atoms with Gasteiger partial charge in [-0.2, -0.15) is 0 Å². The van der Waals surface area contributed by atoms with E-state index in [9.17, 15) is 4.79 Å². The highest BCUT2D eigenvalue weighted by molar-refractivity contribution is 6.04. The molecule has 0 bridgehead atoms. The van der Waals surface area contributed by atoms with Crippen LogP contribution in [0.4, 0.5) is 5.69 Å². The Morgan fingerprint density at radius 3 is 2.41 bits per heavy atom. The Kier molecular flexibility index (Phi) is 3.91. The van der Waals surface area contributed by atoms with Crippen LogP contribution in [0.3, 0.4) is 0 Å². The number of anilines is 1. The molecular formula is C16H15N5O. The molecule has 0 unspecified atom stereocenters. The van der Waals surface area contributed by atoms with Crippen LogP contribution < -0.4 is 5.32 Å². The SMILES string of the molecule is CCc1ccc(NC(=O)c2ccc(-n3cnnc3)nc2)cc1. The number of carbonyl (C=O) groups excluding carboxylic acids is 1. The van der Waals surface area contributed by atoms with Crippen LogP contribution in [0.15, 0.2) is 55.2 Å². The fourth-order valence-electron chi connectivity index (χ4n) is 2.02. The largest absolute Gasteiger partial charge is 0.322 e. The molecule has 22 heavy (non-hydrogen) atoms. The quantitative estimate of drug-likeness (QED) is 0.802. The number of nitrogens with one attached hydrogen (secondary N) is 1. The molecule has 1 aromatic carbocycles. The Bertz CT molecular complexity index is 748. The summed E-state index contributed by atoms with van der Waals surface area (Å²) in [6.45, 7) is 2.09. The molecule has 2 aromatic heterocycles. The summed E-state index contributed by atoms with van der Waals surface area (Å²) in [5, 5.41) is 10.3. The van der Waals surface area contributed by atoms with Gasteiger partial charge >= 0.3 is 0 Å². The number of carbonyl (C=O) groups is 1. The Hall–Kier alpha value is -3.02. The summed E-state index contributed by atoms with van der Waals surface area (Å²) in [5.41, 5.74) is 2.50. The molecule has 0 atom stereocenters. The molecule has 0 saturated carbocycles. The van der Waals surface area contributed by atoms with Crippen LogP contribution in [0, 0.1) is 0 Å². The molecule has 110 valence electrons. The van der Waals surface area contributed by atoms with Crippen molar-refractivity contribution in [3.05, 3.63) is 66.4 Å². The highest BCUT2D eigenvalue weighted by Gasteiger charge is 2.07. The lowest BCUT2D eigenvalue weighted by Crippen LogP contribution is -2.12. The first-order valence-corrected chi connectivity index (χ1v) is 6.97. The summed E-state index contributed by atoms with van der Waals surface area (Å²) in [5.74, 6) is 0.473. The smallest absolute Gasteiger partial charge is 0.257 e. The highest BCUT2D eigenvalue weighted by Crippen LogP contribution is 2.12. The van der Waals surface area contributed by atoms with Crippen molar-refractivity contribution >= 4 is 11.6 Å². The van der Waals surface area contributed by atoms with E-state index in [0.29, 0.717) is 11.4 Å². The van der Waals surface area contributed by atoms with Gasteiger partial charge in [0, 0.05) is 11.9 Å². The Morgan fingerprint density at radius 2 is 1.82 bits per heavy atom. The third-order valence-electron chi connectivity index (χ3n) is 3.31. The zero-order chi connectivity index (χ0) is 15.4. The summed E-state index contributed by atoms with van der Waals surface area (Å²) >= 11 is 0. The predicted molar refractivity (Wildman–Crippen MR) is 82.9 cm³/mol. The Balaban J connectivity index is 1.71. The summed E-state index contributed by atoms with van der Waals surface area (Å²) in [6, 6.07) is 11.3. The zero-order valence-electron chi connectivity index (χ0n) is 12.1. The number of nitrogens with zero attached hydrogens (tertiary/aromatic N) is 4. The van der Waals surface area contributed by atoms with Gasteiger partial charge in [0.1, 0.15) is 18.5 Å². The van der Waals surface area contributed by atoms with Crippen molar-refractivity contribution in [1.29, 1.82) is 0 Å². The van der Waals surface area contributed by atoms with Crippen LogP contribution >= 0.6 is 0 Å². The maximum Gasteiger partial charge on any atom is 0.257 e. The van der Waals surface area contributed by atoms with Crippen LogP contribution in [-0.2, 0) is 6.42 Å². The second kappa shape index (κ2) is 6.17. The number of benzene rings is 1. The van der Waals surface area contributed by atoms with Gasteiger partial charge < -0.3 is 5.32 Å². The lowest BCUT2D eigenvalue weighted by Gasteiger charge is -2.06. The first-order chi connectivity index (χ1) is 10.8. The molecule has 0 aliphatic carbocycles. The third-order valence-corrected chi connectivity index (χ3v) is 3.31. The van der Waals surface area contributed by atoms with E-state index in [0.717, 1.165) is 12.1 Å². The Labute approximate surface area is 127 Å². The number of aryl methyl sites for hydroxylation is 1. The van der Waals surface area contributed by atoms with Gasteiger partial charge in [-0.25, -0.2) is 4.98 Å². The fraction of sp³-hybridized carbons (Fsp3) is 0.125. The van der Waals surface area contributed by atoms with Gasteiger partial charge in [0.05, 0.1) is 5.56 Å². The minimum absolute atomic E-state index is 0.188. The first kappa shape index (κ1) is 13.9. The van der Waals surface area contributed by atoms with E-state index in [1.54, 1.807) is 29.4 Å². The van der Waals surface area contributed by atoms with Crippen LogP contribution in [0.1, 0.15) is 22.8 Å². The number of pyridine rings is 1. The lowest BCUT2D eigenvalue weighted by molar-refractivity contribution is 0.102. The molecule has 6 heteroatoms. The molecule has 0 saturated heterocycles. The van der Waals surface area contributed by atoms with Crippen LogP contribution in [0.25, 0.3) is 5.82 Å². The molecule has 0 aliphatic heterocycles. The van der Waals surface area contributed by atoms with Gasteiger partial charge in [0.2, 0.25) is 0 Å². The average molecular weight is 293 g/mol. The van der Waals surface area contributed by atoms with Gasteiger partial charge in [-0.3, -0.25) is 9.36 Å². The van der Waals surface area contributed by atoms with Crippen LogP contribution in [0.2, 0.25) is 0 Å². The zero-order valence-corrected chi connectivity index (χ0v) is 12.1. The van der Waals surface area contributed by atoms with Crippen molar-refractivity contribution in [2.75, 3.05) is 5.32 Å². The standard InChI is InChI=1S/C16H15N5O/c1-2-12-3-6-14(7-4-12)20-16(22)13-5-8-15(17-9-13)21-10-18-19-11-21/h3-11H,2H2,1H3,(H,20,22). The van der Waals surface area contributed by atoms with Gasteiger partial charge in [-0.15, -0.1) is 10.2 Å². The minimum Gasteiger partial charge on any atom is -0.322 e. The topological polar surface area (TPSA) is 72.7 Å². The van der Waals surface area contributed by atoms with Gasteiger partial charge in [0.15, 0.2) is 0 Å². The molecule has 2 heterocycles. The number of rotatable bonds is 4. The number of hydrogen-bond acceptors (Lipinski definition) is 4. The maximum atomic E-state index is 12.2. The molecule has 1 amide bonds. The van der Waals surface area contributed by atoms with Crippen molar-refractivity contribution in [3.63, 3.8) is 0 Å². The normalized spacial score (nSPS) is 10.4. The average Bonchev–Trinajstić information content (AvgIpc) is 3.10. The van der Waals surface area contributed by atoms with Gasteiger partial charge in [-0.05, 0) is 36.2 Å². The molecule has 0 spiro atoms. The van der Waals surface area contributed by atoms with Crippen molar-refractivity contribution < 1.29 is 4.79 Å². The summed E-state index contributed by atoms with van der Waals surface area (Å²) < 4.78 is 1.67. The summed E-state index contributed by atoms with van der Waals surface area (Å²) in [6.07, 6.45) is 5.61. The Morgan fingerprint density at radius 1 is 1.09 bits per heavy atom. The predicted octanol–water partition coefficient (Wildman–Crippen LogP) is 2.48. The molecule has 6 nitrogen and oxygen atoms in total. The lowest BCUT2D eigenvalue weighted by atomic mass is 10.1. The molecule has 3 aromatic rings. The second-order valence-electron chi connectivity index (χ2n) is 4.78. The number of hydrogen-bond donors (Lipinski definition) is 1. The van der Waals surface area contributed by atoms with Crippen molar-refractivity contribution in [2.45, 2.75) is 13.3 Å². The highest BCUT2D eigenvalue weighted by atomic mass is 16.1. The second-order valence-corrected chi connectivity index (χ2v) is 4.78. The molecule has 0 radical (unpaired) electrons. The van der Waals surface area contributed by atoms with E-state index >= 15 is 0 Å². The third kappa shape index (κ3) is 3.01. The molecule has 0 fully saturated rings. The number of aromatic nitrogens is 4. The van der Waals surface area contributed by atoms with E-state index in [1.165, 1.54) is 11.8 Å². The van der Waals surface area contributed by atoms with E-state index in [4.69, 9.17) is 0 Å². The van der Waals surface area contributed by atoms with Crippen molar-refractivity contribution in [1.82, 2.24) is 19.7 Å². The number of amides is 1. The van der Waals surface area contributed by atoms with E-state index in [2.05, 4.69) is 27.4 Å². The molecule has 3 rings (SSSR count). The van der Waals surface area contributed by atoms with Crippen LogP contribution in [-0.4, -0.2) is 25.7 Å². The molecular weight excluding hydrogens is 278 g/mol. The summed E-state index contributed by atoms with van der Waals surface area (Å²) in [4.78, 5) is 16.4. The van der Waals surface area contributed by atoms with E-state index in [1.807, 2.05) is 24.3 Å². The molecule has 0 aliphatic rings. The monoisotopic (exact) mass is 293 g/mol. The van der Waals surface area contributed by atoms with E-state index in [-0.39, 0.29) is 5.91 Å². The first-order valence-electron chi connectivity index (χ1n) is 6.97. The van der Waals surface area contributed by atoms with Gasteiger partial charge in [0.25, 0.3) is 5.91 Å². The van der Waals surface area contributed by atoms with E-state index < -0.39 is 0 Å².